The van der Waals surface area contributed by atoms with E-state index in [2.05, 4.69) is 21.9 Å². The third-order valence-corrected chi connectivity index (χ3v) is 4.88. The molecule has 0 amide bonds. The summed E-state index contributed by atoms with van der Waals surface area (Å²) in [6, 6.07) is 1.77. The molecule has 0 fully saturated rings. The van der Waals surface area contributed by atoms with E-state index in [1.165, 1.54) is 5.01 Å². The Labute approximate surface area is 172 Å². The number of non-ortho nitro benzene ring substituents is 1. The highest BCUT2D eigenvalue weighted by atomic mass is 35.5. The Balaban J connectivity index is 2.06. The minimum atomic E-state index is -4.66. The topological polar surface area (TPSA) is 88.9 Å². The summed E-state index contributed by atoms with van der Waals surface area (Å²) in [5.74, 6) is 0. The molecule has 1 aliphatic heterocycles. The molecule has 8 nitrogen and oxygen atoms in total. The summed E-state index contributed by atoms with van der Waals surface area (Å²) in [5, 5.41) is 20.0. The van der Waals surface area contributed by atoms with Gasteiger partial charge < -0.3 is 4.57 Å². The highest BCUT2D eigenvalue weighted by molar-refractivity contribution is 6.33. The lowest BCUT2D eigenvalue weighted by atomic mass is 10.1. The van der Waals surface area contributed by atoms with Gasteiger partial charge in [-0.1, -0.05) is 22.9 Å². The van der Waals surface area contributed by atoms with E-state index < -0.39 is 28.2 Å². The van der Waals surface area contributed by atoms with Gasteiger partial charge in [-0.15, -0.1) is 18.2 Å². The van der Waals surface area contributed by atoms with E-state index in [1.807, 2.05) is 0 Å². The number of hydrogen-bond acceptors (Lipinski definition) is 6. The zero-order chi connectivity index (χ0) is 21.3. The predicted octanol–water partition coefficient (Wildman–Crippen LogP) is 5.19. The number of allylic oxidation sites excluding steroid dienone is 1. The van der Waals surface area contributed by atoms with Crippen LogP contribution < -0.4 is 5.01 Å². The fourth-order valence-corrected chi connectivity index (χ4v) is 3.31. The van der Waals surface area contributed by atoms with Gasteiger partial charge in [0.15, 0.2) is 5.69 Å². The standard InChI is InChI=1S/C16H13Cl2F3N6O2/c1-2-3-10(17)12-6-26(24-23-12)13-5-9(27(28)29)4-11(18)15(13)25-7-14(22-8-25)16(19,20)21/h2,4-5,7-8,10,12H,1,3,6H2/t10-,12?/m1/s1. The van der Waals surface area contributed by atoms with E-state index in [0.717, 1.165) is 29.2 Å². The van der Waals surface area contributed by atoms with Gasteiger partial charge in [0.05, 0.1) is 39.6 Å². The highest BCUT2D eigenvalue weighted by Gasteiger charge is 2.35. The summed E-state index contributed by atoms with van der Waals surface area (Å²) in [6.45, 7) is 3.76. The second-order valence-corrected chi connectivity index (χ2v) is 7.08. The molecule has 2 atom stereocenters. The third-order valence-electron chi connectivity index (χ3n) is 4.13. The number of benzene rings is 1. The van der Waals surface area contributed by atoms with Gasteiger partial charge in [-0.05, 0) is 6.42 Å². The second-order valence-electron chi connectivity index (χ2n) is 6.11. The van der Waals surface area contributed by atoms with Crippen LogP contribution in [0.2, 0.25) is 5.02 Å². The number of nitrogens with zero attached hydrogens (tertiary/aromatic N) is 6. The zero-order valence-corrected chi connectivity index (χ0v) is 16.1. The molecule has 1 aromatic carbocycles. The third kappa shape index (κ3) is 4.35. The molecule has 3 rings (SSSR count). The first-order chi connectivity index (χ1) is 13.6. The zero-order valence-electron chi connectivity index (χ0n) is 14.6. The normalized spacial score (nSPS) is 17.6. The van der Waals surface area contributed by atoms with Crippen molar-refractivity contribution < 1.29 is 18.1 Å². The molecule has 0 bridgehead atoms. The molecule has 0 saturated carbocycles. The van der Waals surface area contributed by atoms with Gasteiger partial charge in [-0.25, -0.2) is 9.99 Å². The Kier molecular flexibility index (Phi) is 5.80. The lowest BCUT2D eigenvalue weighted by molar-refractivity contribution is -0.384. The Morgan fingerprint density at radius 2 is 2.17 bits per heavy atom. The van der Waals surface area contributed by atoms with E-state index in [-0.39, 0.29) is 28.6 Å². The first-order valence-corrected chi connectivity index (χ1v) is 8.96. The largest absolute Gasteiger partial charge is 0.434 e. The molecule has 0 N–H and O–H groups in total. The Morgan fingerprint density at radius 1 is 1.45 bits per heavy atom. The first-order valence-electron chi connectivity index (χ1n) is 8.14. The van der Waals surface area contributed by atoms with E-state index in [4.69, 9.17) is 23.2 Å². The molecule has 2 aromatic rings. The maximum absolute atomic E-state index is 12.9. The van der Waals surface area contributed by atoms with E-state index in [9.17, 15) is 23.3 Å². The number of imidazole rings is 1. The molecule has 29 heavy (non-hydrogen) atoms. The quantitative estimate of drug-likeness (QED) is 0.263. The maximum Gasteiger partial charge on any atom is 0.434 e. The predicted molar refractivity (Wildman–Crippen MR) is 101 cm³/mol. The fourth-order valence-electron chi connectivity index (χ4n) is 2.75. The minimum Gasteiger partial charge on any atom is -0.302 e. The number of hydrogen-bond donors (Lipinski definition) is 0. The van der Waals surface area contributed by atoms with Crippen LogP contribution in [0.4, 0.5) is 24.5 Å². The van der Waals surface area contributed by atoms with Crippen LogP contribution in [0, 0.1) is 10.1 Å². The first kappa shape index (κ1) is 21.1. The van der Waals surface area contributed by atoms with E-state index >= 15 is 0 Å². The van der Waals surface area contributed by atoms with E-state index in [1.54, 1.807) is 6.08 Å². The van der Waals surface area contributed by atoms with Gasteiger partial charge >= 0.3 is 6.18 Å². The molecule has 2 heterocycles. The summed E-state index contributed by atoms with van der Waals surface area (Å²) in [4.78, 5) is 13.9. The Morgan fingerprint density at radius 3 is 2.76 bits per heavy atom. The van der Waals surface area contributed by atoms with Gasteiger partial charge in [-0.3, -0.25) is 10.1 Å². The minimum absolute atomic E-state index is 0.0507. The van der Waals surface area contributed by atoms with Gasteiger partial charge in [-0.2, -0.15) is 18.3 Å². The number of nitro groups is 1. The van der Waals surface area contributed by atoms with Crippen molar-refractivity contribution in [1.82, 2.24) is 9.55 Å². The lowest BCUT2D eigenvalue weighted by Gasteiger charge is -2.20. The van der Waals surface area contributed by atoms with Crippen molar-refractivity contribution in [3.8, 4) is 5.69 Å². The van der Waals surface area contributed by atoms with Crippen LogP contribution in [-0.2, 0) is 6.18 Å². The highest BCUT2D eigenvalue weighted by Crippen LogP contribution is 2.39. The number of anilines is 1. The molecule has 1 aliphatic rings. The van der Waals surface area contributed by atoms with Crippen molar-refractivity contribution in [3.63, 3.8) is 0 Å². The summed E-state index contributed by atoms with van der Waals surface area (Å²) < 4.78 is 39.8. The van der Waals surface area contributed by atoms with Crippen LogP contribution in [0.25, 0.3) is 5.69 Å². The van der Waals surface area contributed by atoms with Gasteiger partial charge in [0.25, 0.3) is 5.69 Å². The number of aromatic nitrogens is 2. The van der Waals surface area contributed by atoms with Gasteiger partial charge in [0.2, 0.25) is 0 Å². The van der Waals surface area contributed by atoms with Gasteiger partial charge in [0.1, 0.15) is 6.04 Å². The van der Waals surface area contributed by atoms with Crippen LogP contribution in [-0.4, -0.2) is 32.4 Å². The smallest absolute Gasteiger partial charge is 0.302 e. The van der Waals surface area contributed by atoms with Crippen molar-refractivity contribution in [2.75, 3.05) is 11.6 Å². The number of alkyl halides is 4. The van der Waals surface area contributed by atoms with Crippen LogP contribution in [0.1, 0.15) is 12.1 Å². The molecule has 1 unspecified atom stereocenters. The van der Waals surface area contributed by atoms with Crippen molar-refractivity contribution in [3.05, 3.63) is 58.1 Å². The maximum atomic E-state index is 12.9. The molecule has 0 radical (unpaired) electrons. The molecular weight excluding hydrogens is 436 g/mol. The van der Waals surface area contributed by atoms with Crippen LogP contribution in [0.3, 0.4) is 0 Å². The summed E-state index contributed by atoms with van der Waals surface area (Å²) in [6.07, 6.45) is -0.920. The molecule has 0 saturated heterocycles. The SMILES string of the molecule is C=CC[C@@H](Cl)C1CN(c2cc([N+](=O)[O-])cc(Cl)c2-n2cnc(C(F)(F)F)c2)N=N1. The van der Waals surface area contributed by atoms with Gasteiger partial charge in [0, 0.05) is 18.3 Å². The summed E-state index contributed by atoms with van der Waals surface area (Å²) >= 11 is 12.4. The van der Waals surface area contributed by atoms with Crippen molar-refractivity contribution >= 4 is 34.6 Å². The molecular formula is C16H13Cl2F3N6O2. The van der Waals surface area contributed by atoms with Crippen molar-refractivity contribution in [2.45, 2.75) is 24.0 Å². The van der Waals surface area contributed by atoms with Crippen LogP contribution in [0.5, 0.6) is 0 Å². The monoisotopic (exact) mass is 448 g/mol. The Bertz CT molecular complexity index is 978. The molecule has 0 spiro atoms. The van der Waals surface area contributed by atoms with Crippen molar-refractivity contribution in [2.24, 2.45) is 10.3 Å². The fraction of sp³-hybridized carbons (Fsp3) is 0.312. The Hall–Kier alpha value is -2.66. The number of rotatable bonds is 6. The van der Waals surface area contributed by atoms with Crippen molar-refractivity contribution in [1.29, 1.82) is 0 Å². The van der Waals surface area contributed by atoms with E-state index in [0.29, 0.717) is 6.42 Å². The van der Waals surface area contributed by atoms with Crippen LogP contribution >= 0.6 is 23.2 Å². The molecule has 13 heteroatoms. The number of nitro benzene ring substituents is 1. The number of halogens is 5. The average molecular weight is 449 g/mol. The van der Waals surface area contributed by atoms with Crippen LogP contribution in [0.15, 0.2) is 47.6 Å². The molecule has 0 aliphatic carbocycles. The summed E-state index contributed by atoms with van der Waals surface area (Å²) in [5.41, 5.74) is -1.33. The average Bonchev–Trinajstić information content (AvgIpc) is 3.30. The second kappa shape index (κ2) is 7.99. The lowest BCUT2D eigenvalue weighted by Crippen LogP contribution is -2.27. The molecule has 154 valence electrons. The summed E-state index contributed by atoms with van der Waals surface area (Å²) in [7, 11) is 0. The molecule has 1 aromatic heterocycles.